The topological polar surface area (TPSA) is 54.0 Å². The van der Waals surface area contributed by atoms with Gasteiger partial charge in [0.15, 0.2) is 0 Å². The SMILES string of the molecule is CNc1ccc(C(=O)NCc2ncccc2C)c(C)c1. The van der Waals surface area contributed by atoms with Gasteiger partial charge in [-0.3, -0.25) is 9.78 Å². The van der Waals surface area contributed by atoms with E-state index < -0.39 is 0 Å². The predicted molar refractivity (Wildman–Crippen MR) is 80.9 cm³/mol. The van der Waals surface area contributed by atoms with E-state index in [0.29, 0.717) is 12.1 Å². The van der Waals surface area contributed by atoms with E-state index in [2.05, 4.69) is 15.6 Å². The molecule has 0 aliphatic rings. The Labute approximate surface area is 119 Å². The van der Waals surface area contributed by atoms with Crippen LogP contribution in [0.4, 0.5) is 5.69 Å². The first-order valence-corrected chi connectivity index (χ1v) is 6.59. The fourth-order valence-electron chi connectivity index (χ4n) is 2.04. The highest BCUT2D eigenvalue weighted by molar-refractivity contribution is 5.96. The van der Waals surface area contributed by atoms with E-state index in [4.69, 9.17) is 0 Å². The van der Waals surface area contributed by atoms with Gasteiger partial charge in [0.05, 0.1) is 12.2 Å². The van der Waals surface area contributed by atoms with Gasteiger partial charge in [0.2, 0.25) is 0 Å². The number of hydrogen-bond acceptors (Lipinski definition) is 3. The third-order valence-corrected chi connectivity index (χ3v) is 3.29. The van der Waals surface area contributed by atoms with E-state index >= 15 is 0 Å². The van der Waals surface area contributed by atoms with Crippen molar-refractivity contribution in [3.05, 3.63) is 58.9 Å². The van der Waals surface area contributed by atoms with Crippen LogP contribution in [0.15, 0.2) is 36.5 Å². The van der Waals surface area contributed by atoms with Gasteiger partial charge in [0, 0.05) is 24.5 Å². The molecule has 0 unspecified atom stereocenters. The van der Waals surface area contributed by atoms with Gasteiger partial charge in [0.1, 0.15) is 0 Å². The average molecular weight is 269 g/mol. The average Bonchev–Trinajstić information content (AvgIpc) is 2.46. The first-order valence-electron chi connectivity index (χ1n) is 6.59. The molecule has 0 saturated carbocycles. The summed E-state index contributed by atoms with van der Waals surface area (Å²) >= 11 is 0. The Morgan fingerprint density at radius 2 is 2.00 bits per heavy atom. The lowest BCUT2D eigenvalue weighted by Crippen LogP contribution is -2.24. The van der Waals surface area contributed by atoms with Crippen molar-refractivity contribution in [2.75, 3.05) is 12.4 Å². The highest BCUT2D eigenvalue weighted by atomic mass is 16.1. The highest BCUT2D eigenvalue weighted by Gasteiger charge is 2.09. The minimum Gasteiger partial charge on any atom is -0.388 e. The first-order chi connectivity index (χ1) is 9.61. The van der Waals surface area contributed by atoms with Crippen LogP contribution >= 0.6 is 0 Å². The molecular weight excluding hydrogens is 250 g/mol. The van der Waals surface area contributed by atoms with Crippen LogP contribution in [-0.2, 0) is 6.54 Å². The van der Waals surface area contributed by atoms with Gasteiger partial charge in [-0.15, -0.1) is 0 Å². The minimum atomic E-state index is -0.0739. The van der Waals surface area contributed by atoms with Gasteiger partial charge in [0.25, 0.3) is 5.91 Å². The zero-order valence-corrected chi connectivity index (χ0v) is 12.0. The van der Waals surface area contributed by atoms with Gasteiger partial charge in [-0.1, -0.05) is 6.07 Å². The van der Waals surface area contributed by atoms with Crippen molar-refractivity contribution in [3.8, 4) is 0 Å². The second kappa shape index (κ2) is 6.19. The van der Waals surface area contributed by atoms with Crippen molar-refractivity contribution in [1.82, 2.24) is 10.3 Å². The molecule has 20 heavy (non-hydrogen) atoms. The summed E-state index contributed by atoms with van der Waals surface area (Å²) < 4.78 is 0. The lowest BCUT2D eigenvalue weighted by Gasteiger charge is -2.10. The molecule has 0 bridgehead atoms. The minimum absolute atomic E-state index is 0.0739. The zero-order chi connectivity index (χ0) is 14.5. The number of pyridine rings is 1. The van der Waals surface area contributed by atoms with Crippen molar-refractivity contribution >= 4 is 11.6 Å². The summed E-state index contributed by atoms with van der Waals surface area (Å²) in [5.74, 6) is -0.0739. The monoisotopic (exact) mass is 269 g/mol. The van der Waals surface area contributed by atoms with Crippen LogP contribution in [0, 0.1) is 13.8 Å². The molecule has 104 valence electrons. The van der Waals surface area contributed by atoms with Gasteiger partial charge >= 0.3 is 0 Å². The van der Waals surface area contributed by atoms with Crippen molar-refractivity contribution in [2.24, 2.45) is 0 Å². The van der Waals surface area contributed by atoms with Crippen LogP contribution in [0.25, 0.3) is 0 Å². The molecule has 0 saturated heterocycles. The van der Waals surface area contributed by atoms with Crippen LogP contribution in [0.5, 0.6) is 0 Å². The van der Waals surface area contributed by atoms with Crippen LogP contribution in [0.1, 0.15) is 27.2 Å². The van der Waals surface area contributed by atoms with E-state index in [9.17, 15) is 4.79 Å². The standard InChI is InChI=1S/C16H19N3O/c1-11-5-4-8-18-15(11)10-19-16(20)14-7-6-13(17-3)9-12(14)2/h4-9,17H,10H2,1-3H3,(H,19,20). The quantitative estimate of drug-likeness (QED) is 0.897. The molecule has 1 aromatic carbocycles. The molecule has 4 heteroatoms. The lowest BCUT2D eigenvalue weighted by atomic mass is 10.1. The second-order valence-electron chi connectivity index (χ2n) is 4.73. The van der Waals surface area contributed by atoms with Crippen LogP contribution in [0.3, 0.4) is 0 Å². The van der Waals surface area contributed by atoms with E-state index in [1.165, 1.54) is 0 Å². The van der Waals surface area contributed by atoms with E-state index in [1.807, 2.05) is 51.2 Å². The Morgan fingerprint density at radius 3 is 2.65 bits per heavy atom. The Kier molecular flexibility index (Phi) is 4.35. The largest absolute Gasteiger partial charge is 0.388 e. The van der Waals surface area contributed by atoms with E-state index in [-0.39, 0.29) is 5.91 Å². The molecule has 1 aromatic heterocycles. The summed E-state index contributed by atoms with van der Waals surface area (Å²) in [6.45, 7) is 4.36. The number of nitrogens with one attached hydrogen (secondary N) is 2. The molecule has 0 atom stereocenters. The third-order valence-electron chi connectivity index (χ3n) is 3.29. The summed E-state index contributed by atoms with van der Waals surface area (Å²) in [7, 11) is 1.86. The molecule has 0 radical (unpaired) electrons. The Bertz CT molecular complexity index is 623. The molecule has 0 aliphatic heterocycles. The lowest BCUT2D eigenvalue weighted by molar-refractivity contribution is 0.0950. The molecule has 2 N–H and O–H groups in total. The Balaban J connectivity index is 2.07. The smallest absolute Gasteiger partial charge is 0.251 e. The van der Waals surface area contributed by atoms with E-state index in [1.54, 1.807) is 6.20 Å². The molecule has 0 spiro atoms. The molecule has 0 aliphatic carbocycles. The summed E-state index contributed by atoms with van der Waals surface area (Å²) in [5, 5.41) is 5.97. The molecule has 1 amide bonds. The van der Waals surface area contributed by atoms with Crippen molar-refractivity contribution in [2.45, 2.75) is 20.4 Å². The fourth-order valence-corrected chi connectivity index (χ4v) is 2.04. The van der Waals surface area contributed by atoms with Crippen molar-refractivity contribution in [3.63, 3.8) is 0 Å². The van der Waals surface area contributed by atoms with Crippen LogP contribution < -0.4 is 10.6 Å². The maximum absolute atomic E-state index is 12.2. The van der Waals surface area contributed by atoms with Crippen LogP contribution in [0.2, 0.25) is 0 Å². The molecular formula is C16H19N3O. The van der Waals surface area contributed by atoms with Crippen LogP contribution in [-0.4, -0.2) is 17.9 Å². The molecule has 2 rings (SSSR count). The van der Waals surface area contributed by atoms with Crippen molar-refractivity contribution < 1.29 is 4.79 Å². The summed E-state index contributed by atoms with van der Waals surface area (Å²) in [6.07, 6.45) is 1.74. The van der Waals surface area contributed by atoms with Gasteiger partial charge in [-0.25, -0.2) is 0 Å². The molecule has 4 nitrogen and oxygen atoms in total. The van der Waals surface area contributed by atoms with Crippen molar-refractivity contribution in [1.29, 1.82) is 0 Å². The highest BCUT2D eigenvalue weighted by Crippen LogP contribution is 2.14. The first kappa shape index (κ1) is 14.1. The molecule has 1 heterocycles. The number of rotatable bonds is 4. The zero-order valence-electron chi connectivity index (χ0n) is 12.0. The number of anilines is 1. The number of hydrogen-bond donors (Lipinski definition) is 2. The number of nitrogens with zero attached hydrogens (tertiary/aromatic N) is 1. The summed E-state index contributed by atoms with van der Waals surface area (Å²) in [4.78, 5) is 16.5. The van der Waals surface area contributed by atoms with Gasteiger partial charge in [-0.2, -0.15) is 0 Å². The fraction of sp³-hybridized carbons (Fsp3) is 0.250. The maximum Gasteiger partial charge on any atom is 0.251 e. The molecule has 0 fully saturated rings. The predicted octanol–water partition coefficient (Wildman–Crippen LogP) is 2.67. The summed E-state index contributed by atoms with van der Waals surface area (Å²) in [5.41, 5.74) is 4.62. The number of aromatic nitrogens is 1. The normalized spacial score (nSPS) is 10.2. The second-order valence-corrected chi connectivity index (χ2v) is 4.73. The number of carbonyl (C=O) groups is 1. The number of carbonyl (C=O) groups excluding carboxylic acids is 1. The number of aryl methyl sites for hydroxylation is 2. The number of amides is 1. The Hall–Kier alpha value is -2.36. The summed E-state index contributed by atoms with van der Waals surface area (Å²) in [6, 6.07) is 9.57. The number of benzene rings is 1. The van der Waals surface area contributed by atoms with Gasteiger partial charge in [-0.05, 0) is 49.2 Å². The Morgan fingerprint density at radius 1 is 1.20 bits per heavy atom. The van der Waals surface area contributed by atoms with E-state index in [0.717, 1.165) is 22.5 Å². The van der Waals surface area contributed by atoms with Gasteiger partial charge < -0.3 is 10.6 Å². The third kappa shape index (κ3) is 3.15. The molecule has 2 aromatic rings. The maximum atomic E-state index is 12.2.